The van der Waals surface area contributed by atoms with E-state index in [4.69, 9.17) is 0 Å². The van der Waals surface area contributed by atoms with Crippen LogP contribution in [0.25, 0.3) is 17.1 Å². The third-order valence-electron chi connectivity index (χ3n) is 1.86. The number of rotatable bonds is 1. The molecule has 0 saturated heterocycles. The number of hydrogen-bond donors (Lipinski definition) is 0. The molecule has 0 radical (unpaired) electrons. The van der Waals surface area contributed by atoms with Crippen molar-refractivity contribution in [2.75, 3.05) is 0 Å². The van der Waals surface area contributed by atoms with Crippen molar-refractivity contribution in [2.24, 2.45) is 0 Å². The average molecular weight is 155 g/mol. The van der Waals surface area contributed by atoms with Gasteiger partial charge < -0.3 is 4.57 Å². The van der Waals surface area contributed by atoms with Crippen molar-refractivity contribution < 1.29 is 0 Å². The number of nitrogens with zero attached hydrogens (tertiary/aromatic N) is 1. The molecule has 2 rings (SSSR count). The van der Waals surface area contributed by atoms with Crippen molar-refractivity contribution in [2.45, 2.75) is 0 Å². The molecular weight excluding hydrogens is 146 g/mol. The molecule has 0 aliphatic rings. The lowest BCUT2D eigenvalue weighted by Gasteiger charge is -1.93. The fourth-order valence-corrected chi connectivity index (χ4v) is 1.32. The summed E-state index contributed by atoms with van der Waals surface area (Å²) in [5.41, 5.74) is 3.94. The minimum Gasteiger partial charge on any atom is -0.316 e. The average Bonchev–Trinajstić information content (AvgIpc) is 2.50. The van der Waals surface area contributed by atoms with Gasteiger partial charge in [0, 0.05) is 6.20 Å². The lowest BCUT2D eigenvalue weighted by atomic mass is 10.2. The summed E-state index contributed by atoms with van der Waals surface area (Å²) in [6.07, 6.45) is 3.82. The molecule has 1 heterocycles. The van der Waals surface area contributed by atoms with E-state index in [1.54, 1.807) is 0 Å². The molecule has 1 nitrogen and oxygen atoms in total. The van der Waals surface area contributed by atoms with E-state index in [0.717, 1.165) is 0 Å². The van der Waals surface area contributed by atoms with Crippen LogP contribution in [-0.4, -0.2) is 4.57 Å². The standard InChI is InChI=1S/C11H9N/c1-2-8-12-9-7-10-5-3-4-6-11(10)12/h3-9H,1H2. The molecule has 0 N–H and O–H groups in total. The smallest absolute Gasteiger partial charge is 0.0528 e. The van der Waals surface area contributed by atoms with E-state index in [0.29, 0.717) is 0 Å². The van der Waals surface area contributed by atoms with E-state index in [1.807, 2.05) is 29.1 Å². The van der Waals surface area contributed by atoms with Crippen molar-refractivity contribution in [3.8, 4) is 0 Å². The summed E-state index contributed by atoms with van der Waals surface area (Å²) in [5.74, 6) is 0. The zero-order valence-electron chi connectivity index (χ0n) is 6.70. The van der Waals surface area contributed by atoms with Gasteiger partial charge in [-0.3, -0.25) is 0 Å². The SMILES string of the molecule is C=C=Cn1ccc2ccccc21. The summed E-state index contributed by atoms with van der Waals surface area (Å²) in [7, 11) is 0. The first-order valence-electron chi connectivity index (χ1n) is 3.83. The van der Waals surface area contributed by atoms with E-state index in [1.165, 1.54) is 10.9 Å². The van der Waals surface area contributed by atoms with Crippen LogP contribution in [0.15, 0.2) is 48.8 Å². The van der Waals surface area contributed by atoms with Crippen molar-refractivity contribution in [3.05, 3.63) is 48.8 Å². The van der Waals surface area contributed by atoms with Crippen LogP contribution < -0.4 is 0 Å². The fraction of sp³-hybridized carbons (Fsp3) is 0. The first kappa shape index (κ1) is 6.96. The van der Waals surface area contributed by atoms with Crippen LogP contribution in [0, 0.1) is 0 Å². The van der Waals surface area contributed by atoms with E-state index in [9.17, 15) is 0 Å². The summed E-state index contributed by atoms with van der Waals surface area (Å²) >= 11 is 0. The molecule has 0 unspecified atom stereocenters. The predicted molar refractivity (Wildman–Crippen MR) is 51.8 cm³/mol. The maximum atomic E-state index is 3.54. The van der Waals surface area contributed by atoms with Gasteiger partial charge in [-0.05, 0) is 17.5 Å². The van der Waals surface area contributed by atoms with Crippen LogP contribution >= 0.6 is 0 Å². The third kappa shape index (κ3) is 0.969. The molecule has 1 heteroatoms. The van der Waals surface area contributed by atoms with Gasteiger partial charge in [0.25, 0.3) is 0 Å². The monoisotopic (exact) mass is 155 g/mol. The molecule has 0 amide bonds. The summed E-state index contributed by atoms with van der Waals surface area (Å²) in [4.78, 5) is 0. The lowest BCUT2D eigenvalue weighted by molar-refractivity contribution is 1.23. The normalized spacial score (nSPS) is 9.67. The van der Waals surface area contributed by atoms with Crippen molar-refractivity contribution in [1.29, 1.82) is 0 Å². The Hall–Kier alpha value is -1.72. The molecule has 0 fully saturated rings. The second-order valence-electron chi connectivity index (χ2n) is 2.62. The summed E-state index contributed by atoms with van der Waals surface area (Å²) in [6.45, 7) is 3.54. The van der Waals surface area contributed by atoms with Gasteiger partial charge in [-0.2, -0.15) is 0 Å². The minimum absolute atomic E-state index is 1.19. The lowest BCUT2D eigenvalue weighted by Crippen LogP contribution is -1.79. The third-order valence-corrected chi connectivity index (χ3v) is 1.86. The number of benzene rings is 1. The van der Waals surface area contributed by atoms with Gasteiger partial charge >= 0.3 is 0 Å². The zero-order chi connectivity index (χ0) is 8.39. The molecule has 0 bridgehead atoms. The highest BCUT2D eigenvalue weighted by Crippen LogP contribution is 2.14. The van der Waals surface area contributed by atoms with Crippen molar-refractivity contribution in [1.82, 2.24) is 4.57 Å². The topological polar surface area (TPSA) is 4.93 Å². The fourth-order valence-electron chi connectivity index (χ4n) is 1.32. The van der Waals surface area contributed by atoms with Gasteiger partial charge in [-0.15, -0.1) is 5.73 Å². The summed E-state index contributed by atoms with van der Waals surface area (Å²) in [6, 6.07) is 10.3. The first-order chi connectivity index (χ1) is 5.92. The Balaban J connectivity index is 2.78. The van der Waals surface area contributed by atoms with E-state index in [2.05, 4.69) is 30.5 Å². The Kier molecular flexibility index (Phi) is 1.58. The van der Waals surface area contributed by atoms with Crippen LogP contribution in [-0.2, 0) is 0 Å². The second-order valence-corrected chi connectivity index (χ2v) is 2.62. The molecule has 0 saturated carbocycles. The molecule has 0 atom stereocenters. The molecule has 0 aliphatic carbocycles. The van der Waals surface area contributed by atoms with Crippen LogP contribution in [0.4, 0.5) is 0 Å². The van der Waals surface area contributed by atoms with E-state index < -0.39 is 0 Å². The summed E-state index contributed by atoms with van der Waals surface area (Å²) in [5, 5.41) is 1.24. The maximum absolute atomic E-state index is 3.54. The second kappa shape index (κ2) is 2.72. The van der Waals surface area contributed by atoms with Gasteiger partial charge in [0.05, 0.1) is 11.7 Å². The molecular formula is C11H9N. The number of fused-ring (bicyclic) bond motifs is 1. The Labute approximate surface area is 71.2 Å². The molecule has 2 aromatic rings. The Morgan fingerprint density at radius 3 is 2.92 bits per heavy atom. The largest absolute Gasteiger partial charge is 0.316 e. The van der Waals surface area contributed by atoms with Gasteiger partial charge in [-0.25, -0.2) is 0 Å². The number of para-hydroxylation sites is 1. The van der Waals surface area contributed by atoms with Crippen LogP contribution in [0.1, 0.15) is 0 Å². The Bertz CT molecular complexity index is 445. The highest BCUT2D eigenvalue weighted by Gasteiger charge is 1.94. The molecule has 1 aromatic heterocycles. The Morgan fingerprint density at radius 2 is 2.08 bits per heavy atom. The summed E-state index contributed by atoms with van der Waals surface area (Å²) < 4.78 is 2.00. The van der Waals surface area contributed by atoms with Crippen molar-refractivity contribution >= 4 is 17.1 Å². The van der Waals surface area contributed by atoms with Crippen LogP contribution in [0.5, 0.6) is 0 Å². The quantitative estimate of drug-likeness (QED) is 0.558. The number of aromatic nitrogens is 1. The van der Waals surface area contributed by atoms with E-state index >= 15 is 0 Å². The zero-order valence-corrected chi connectivity index (χ0v) is 6.70. The molecule has 1 aromatic carbocycles. The molecule has 0 spiro atoms. The highest BCUT2D eigenvalue weighted by molar-refractivity contribution is 5.81. The van der Waals surface area contributed by atoms with Gasteiger partial charge in [-0.1, -0.05) is 24.8 Å². The Morgan fingerprint density at radius 1 is 1.25 bits per heavy atom. The van der Waals surface area contributed by atoms with E-state index in [-0.39, 0.29) is 0 Å². The van der Waals surface area contributed by atoms with Crippen LogP contribution in [0.2, 0.25) is 0 Å². The highest BCUT2D eigenvalue weighted by atomic mass is 14.9. The van der Waals surface area contributed by atoms with Gasteiger partial charge in [0.15, 0.2) is 0 Å². The van der Waals surface area contributed by atoms with Crippen LogP contribution in [0.3, 0.4) is 0 Å². The minimum atomic E-state index is 1.19. The van der Waals surface area contributed by atoms with Gasteiger partial charge in [0.1, 0.15) is 0 Å². The molecule has 58 valence electrons. The first-order valence-corrected chi connectivity index (χ1v) is 3.83. The maximum Gasteiger partial charge on any atom is 0.0528 e. The number of hydrogen-bond acceptors (Lipinski definition) is 0. The predicted octanol–water partition coefficient (Wildman–Crippen LogP) is 2.90. The van der Waals surface area contributed by atoms with Gasteiger partial charge in [0.2, 0.25) is 0 Å². The molecule has 12 heavy (non-hydrogen) atoms. The van der Waals surface area contributed by atoms with Crippen molar-refractivity contribution in [3.63, 3.8) is 0 Å². The molecule has 0 aliphatic heterocycles.